The Hall–Kier alpha value is -2.51. The van der Waals surface area contributed by atoms with Gasteiger partial charge in [0.05, 0.1) is 24.2 Å². The lowest BCUT2D eigenvalue weighted by Gasteiger charge is -2.03. The first-order valence-electron chi connectivity index (χ1n) is 8.13. The van der Waals surface area contributed by atoms with Gasteiger partial charge in [-0.05, 0) is 24.3 Å². The highest BCUT2D eigenvalue weighted by atomic mass is 32.2. The molecule has 7 heteroatoms. The van der Waals surface area contributed by atoms with Gasteiger partial charge in [-0.3, -0.25) is 0 Å². The van der Waals surface area contributed by atoms with E-state index in [4.69, 9.17) is 9.15 Å². The number of thioether (sulfide) groups is 1. The SMILES string of the molecule is c1ccc2[nH]c(SCCOCCNc3nc4ccccc4o3)nc2c1. The third-order valence-corrected chi connectivity index (χ3v) is 4.49. The van der Waals surface area contributed by atoms with Crippen LogP contribution in [0.25, 0.3) is 22.1 Å². The molecule has 0 saturated carbocycles. The Bertz CT molecular complexity index is 822. The number of nitrogens with zero attached hydrogens (tertiary/aromatic N) is 2. The normalized spacial score (nSPS) is 11.4. The van der Waals surface area contributed by atoms with E-state index in [0.717, 1.165) is 33.0 Å². The Morgan fingerprint density at radius 3 is 2.72 bits per heavy atom. The molecule has 0 radical (unpaired) electrons. The van der Waals surface area contributed by atoms with E-state index in [1.54, 1.807) is 11.8 Å². The molecule has 0 aliphatic heterocycles. The molecule has 6 nitrogen and oxygen atoms in total. The minimum absolute atomic E-state index is 0.529. The fraction of sp³-hybridized carbons (Fsp3) is 0.222. The summed E-state index contributed by atoms with van der Waals surface area (Å²) in [5, 5.41) is 4.06. The van der Waals surface area contributed by atoms with Crippen molar-refractivity contribution in [3.63, 3.8) is 0 Å². The van der Waals surface area contributed by atoms with Crippen LogP contribution in [0.15, 0.2) is 58.1 Å². The zero-order chi connectivity index (χ0) is 16.9. The molecule has 25 heavy (non-hydrogen) atoms. The van der Waals surface area contributed by atoms with Crippen LogP contribution >= 0.6 is 11.8 Å². The number of H-pyrrole nitrogens is 1. The van der Waals surface area contributed by atoms with Crippen LogP contribution < -0.4 is 5.32 Å². The predicted octanol–water partition coefficient (Wildman–Crippen LogP) is 3.92. The second-order valence-corrected chi connectivity index (χ2v) is 6.52. The molecule has 4 rings (SSSR count). The fourth-order valence-corrected chi connectivity index (χ4v) is 3.21. The van der Waals surface area contributed by atoms with Crippen LogP contribution in [-0.2, 0) is 4.74 Å². The van der Waals surface area contributed by atoms with E-state index in [2.05, 4.69) is 20.3 Å². The van der Waals surface area contributed by atoms with E-state index in [1.807, 2.05) is 48.5 Å². The molecule has 0 atom stereocenters. The molecule has 0 aliphatic carbocycles. The number of oxazole rings is 1. The van der Waals surface area contributed by atoms with Gasteiger partial charge in [-0.15, -0.1) is 0 Å². The molecule has 0 saturated heterocycles. The van der Waals surface area contributed by atoms with Crippen molar-refractivity contribution < 1.29 is 9.15 Å². The standard InChI is InChI=1S/C18H18N4O2S/c1-2-6-14-13(5-1)21-18(22-14)25-12-11-23-10-9-19-17-20-15-7-3-4-8-16(15)24-17/h1-8H,9-12H2,(H,19,20)(H,21,22). The third kappa shape index (κ3) is 3.94. The lowest BCUT2D eigenvalue weighted by atomic mass is 10.3. The lowest BCUT2D eigenvalue weighted by Crippen LogP contribution is -2.10. The van der Waals surface area contributed by atoms with Crippen molar-refractivity contribution in [2.75, 3.05) is 30.8 Å². The van der Waals surface area contributed by atoms with Gasteiger partial charge < -0.3 is 19.5 Å². The first-order chi connectivity index (χ1) is 12.4. The topological polar surface area (TPSA) is 76.0 Å². The number of anilines is 1. The Morgan fingerprint density at radius 2 is 1.84 bits per heavy atom. The number of hydrogen-bond acceptors (Lipinski definition) is 6. The maximum atomic E-state index is 5.63. The van der Waals surface area contributed by atoms with Crippen molar-refractivity contribution in [2.24, 2.45) is 0 Å². The maximum absolute atomic E-state index is 5.63. The Balaban J connectivity index is 1.15. The maximum Gasteiger partial charge on any atom is 0.295 e. The van der Waals surface area contributed by atoms with Crippen molar-refractivity contribution in [1.29, 1.82) is 0 Å². The highest BCUT2D eigenvalue weighted by Gasteiger charge is 2.04. The van der Waals surface area contributed by atoms with Gasteiger partial charge in [0.15, 0.2) is 10.7 Å². The monoisotopic (exact) mass is 354 g/mol. The summed E-state index contributed by atoms with van der Waals surface area (Å²) in [7, 11) is 0. The lowest BCUT2D eigenvalue weighted by molar-refractivity contribution is 0.160. The van der Waals surface area contributed by atoms with E-state index in [9.17, 15) is 0 Å². The Kier molecular flexibility index (Phi) is 4.85. The third-order valence-electron chi connectivity index (χ3n) is 3.65. The first kappa shape index (κ1) is 16.0. The molecule has 2 aromatic heterocycles. The summed E-state index contributed by atoms with van der Waals surface area (Å²) in [6.45, 7) is 1.92. The van der Waals surface area contributed by atoms with Crippen LogP contribution in [0, 0.1) is 0 Å². The van der Waals surface area contributed by atoms with Crippen molar-refractivity contribution in [2.45, 2.75) is 5.16 Å². The largest absolute Gasteiger partial charge is 0.424 e. The quantitative estimate of drug-likeness (QED) is 0.369. The molecule has 0 aliphatic rings. The van der Waals surface area contributed by atoms with E-state index in [0.29, 0.717) is 25.8 Å². The average molecular weight is 354 g/mol. The highest BCUT2D eigenvalue weighted by Crippen LogP contribution is 2.19. The van der Waals surface area contributed by atoms with Crippen LogP contribution in [0.5, 0.6) is 0 Å². The van der Waals surface area contributed by atoms with Crippen molar-refractivity contribution >= 4 is 39.9 Å². The van der Waals surface area contributed by atoms with E-state index < -0.39 is 0 Å². The summed E-state index contributed by atoms with van der Waals surface area (Å²) in [6, 6.07) is 16.3. The molecule has 2 aromatic carbocycles. The molecule has 128 valence electrons. The number of para-hydroxylation sites is 4. The number of nitrogens with one attached hydrogen (secondary N) is 2. The number of imidazole rings is 1. The molecular weight excluding hydrogens is 336 g/mol. The second-order valence-electron chi connectivity index (χ2n) is 5.43. The minimum atomic E-state index is 0.529. The van der Waals surface area contributed by atoms with Gasteiger partial charge in [0.2, 0.25) is 0 Å². The first-order valence-corrected chi connectivity index (χ1v) is 9.12. The van der Waals surface area contributed by atoms with Crippen LogP contribution in [0.1, 0.15) is 0 Å². The molecular formula is C18H18N4O2S. The van der Waals surface area contributed by atoms with E-state index in [-0.39, 0.29) is 0 Å². The number of rotatable bonds is 8. The molecule has 0 fully saturated rings. The Morgan fingerprint density at radius 1 is 1.00 bits per heavy atom. The fourth-order valence-electron chi connectivity index (χ4n) is 2.48. The van der Waals surface area contributed by atoms with Gasteiger partial charge in [-0.2, -0.15) is 4.98 Å². The summed E-state index contributed by atoms with van der Waals surface area (Å²) < 4.78 is 11.2. The number of benzene rings is 2. The van der Waals surface area contributed by atoms with Gasteiger partial charge in [0.25, 0.3) is 6.01 Å². The number of aromatic nitrogens is 3. The van der Waals surface area contributed by atoms with Crippen molar-refractivity contribution in [1.82, 2.24) is 15.0 Å². The van der Waals surface area contributed by atoms with Crippen molar-refractivity contribution in [3.8, 4) is 0 Å². The van der Waals surface area contributed by atoms with Gasteiger partial charge in [0, 0.05) is 12.3 Å². The van der Waals surface area contributed by atoms with Crippen LogP contribution in [-0.4, -0.2) is 40.5 Å². The predicted molar refractivity (Wildman–Crippen MR) is 100 cm³/mol. The smallest absolute Gasteiger partial charge is 0.295 e. The van der Waals surface area contributed by atoms with Crippen molar-refractivity contribution in [3.05, 3.63) is 48.5 Å². The van der Waals surface area contributed by atoms with E-state index in [1.165, 1.54) is 0 Å². The van der Waals surface area contributed by atoms with Crippen LogP contribution in [0.3, 0.4) is 0 Å². The number of hydrogen-bond donors (Lipinski definition) is 2. The zero-order valence-electron chi connectivity index (χ0n) is 13.6. The van der Waals surface area contributed by atoms with Crippen LogP contribution in [0.2, 0.25) is 0 Å². The summed E-state index contributed by atoms with van der Waals surface area (Å²) in [5.74, 6) is 0.850. The molecule has 0 spiro atoms. The Labute approximate surface area is 149 Å². The summed E-state index contributed by atoms with van der Waals surface area (Å²) in [4.78, 5) is 12.2. The molecule has 0 unspecified atom stereocenters. The number of ether oxygens (including phenoxy) is 1. The molecule has 2 N–H and O–H groups in total. The van der Waals surface area contributed by atoms with E-state index >= 15 is 0 Å². The van der Waals surface area contributed by atoms with Gasteiger partial charge in [-0.1, -0.05) is 36.0 Å². The van der Waals surface area contributed by atoms with Crippen LogP contribution in [0.4, 0.5) is 6.01 Å². The molecule has 4 aromatic rings. The highest BCUT2D eigenvalue weighted by molar-refractivity contribution is 7.99. The summed E-state index contributed by atoms with van der Waals surface area (Å²) in [5.41, 5.74) is 3.70. The number of fused-ring (bicyclic) bond motifs is 2. The molecule has 2 heterocycles. The van der Waals surface area contributed by atoms with Gasteiger partial charge in [0.1, 0.15) is 5.52 Å². The summed E-state index contributed by atoms with van der Waals surface area (Å²) in [6.07, 6.45) is 0. The average Bonchev–Trinajstić information content (AvgIpc) is 3.23. The second kappa shape index (κ2) is 7.58. The van der Waals surface area contributed by atoms with Gasteiger partial charge >= 0.3 is 0 Å². The summed E-state index contributed by atoms with van der Waals surface area (Å²) >= 11 is 1.66. The number of aromatic amines is 1. The molecule has 0 amide bonds. The van der Waals surface area contributed by atoms with Gasteiger partial charge in [-0.25, -0.2) is 4.98 Å². The molecule has 0 bridgehead atoms. The zero-order valence-corrected chi connectivity index (χ0v) is 14.4. The minimum Gasteiger partial charge on any atom is -0.424 e.